The molecule has 0 radical (unpaired) electrons. The summed E-state index contributed by atoms with van der Waals surface area (Å²) in [7, 11) is 1.55. The third kappa shape index (κ3) is 3.25. The van der Waals surface area contributed by atoms with Gasteiger partial charge in [-0.05, 0) is 42.5 Å². The number of aromatic nitrogens is 2. The van der Waals surface area contributed by atoms with Crippen LogP contribution in [0, 0.1) is 5.82 Å². The highest BCUT2D eigenvalue weighted by molar-refractivity contribution is 6.06. The third-order valence-electron chi connectivity index (χ3n) is 4.23. The highest BCUT2D eigenvalue weighted by Crippen LogP contribution is 2.26. The number of nitrogens with zero attached hydrogens (tertiary/aromatic N) is 1. The van der Waals surface area contributed by atoms with Crippen molar-refractivity contribution < 1.29 is 13.9 Å². The first-order valence-electron chi connectivity index (χ1n) is 8.35. The maximum Gasteiger partial charge on any atom is 0.255 e. The average Bonchev–Trinajstić information content (AvgIpc) is 3.11. The number of amides is 1. The van der Waals surface area contributed by atoms with Crippen molar-refractivity contribution in [3.8, 4) is 17.1 Å². The molecule has 134 valence electrons. The Labute approximate surface area is 154 Å². The fourth-order valence-electron chi connectivity index (χ4n) is 2.87. The van der Waals surface area contributed by atoms with Gasteiger partial charge in [-0.15, -0.1) is 0 Å². The number of nitrogens with one attached hydrogen (secondary N) is 2. The van der Waals surface area contributed by atoms with Gasteiger partial charge in [-0.3, -0.25) is 4.79 Å². The molecule has 4 rings (SSSR count). The molecule has 3 aromatic carbocycles. The molecule has 0 aliphatic rings. The Bertz CT molecular complexity index is 1140. The number of hydrogen-bond donors (Lipinski definition) is 2. The number of aromatic amines is 1. The van der Waals surface area contributed by atoms with E-state index in [4.69, 9.17) is 4.74 Å². The van der Waals surface area contributed by atoms with E-state index in [1.54, 1.807) is 55.6 Å². The summed E-state index contributed by atoms with van der Waals surface area (Å²) in [4.78, 5) is 20.1. The van der Waals surface area contributed by atoms with Crippen LogP contribution in [0.5, 0.6) is 5.75 Å². The molecule has 0 fully saturated rings. The number of rotatable bonds is 4. The van der Waals surface area contributed by atoms with Gasteiger partial charge in [0.25, 0.3) is 5.91 Å². The Kier molecular flexibility index (Phi) is 4.30. The standard InChI is InChI=1S/C21H16FN3O2/c1-27-19-9-5-4-8-17(19)25-21(26)13-10-11-16-18(12-13)24-20(23-16)14-6-2-3-7-15(14)22/h2-12H,1H3,(H,23,24)(H,25,26). The monoisotopic (exact) mass is 361 g/mol. The summed E-state index contributed by atoms with van der Waals surface area (Å²) >= 11 is 0. The maximum absolute atomic E-state index is 14.0. The van der Waals surface area contributed by atoms with E-state index in [1.807, 2.05) is 12.1 Å². The first-order chi connectivity index (χ1) is 13.2. The SMILES string of the molecule is COc1ccccc1NC(=O)c1ccc2nc(-c3ccccc3F)[nH]c2c1. The molecule has 6 heteroatoms. The van der Waals surface area contributed by atoms with E-state index in [0.717, 1.165) is 0 Å². The van der Waals surface area contributed by atoms with Crippen LogP contribution in [-0.2, 0) is 0 Å². The molecule has 1 heterocycles. The molecule has 0 spiro atoms. The van der Waals surface area contributed by atoms with Crippen LogP contribution in [0.2, 0.25) is 0 Å². The molecule has 5 nitrogen and oxygen atoms in total. The second-order valence-corrected chi connectivity index (χ2v) is 5.95. The molecule has 0 bridgehead atoms. The molecule has 4 aromatic rings. The molecule has 0 saturated heterocycles. The molecule has 0 atom stereocenters. The van der Waals surface area contributed by atoms with Crippen LogP contribution in [0.3, 0.4) is 0 Å². The zero-order valence-electron chi connectivity index (χ0n) is 14.5. The summed E-state index contributed by atoms with van der Waals surface area (Å²) < 4.78 is 19.2. The van der Waals surface area contributed by atoms with Gasteiger partial charge in [0.05, 0.1) is 29.4 Å². The maximum atomic E-state index is 14.0. The van der Waals surface area contributed by atoms with E-state index < -0.39 is 0 Å². The summed E-state index contributed by atoms with van der Waals surface area (Å²) in [6.45, 7) is 0. The molecule has 27 heavy (non-hydrogen) atoms. The van der Waals surface area contributed by atoms with Crippen molar-refractivity contribution in [2.24, 2.45) is 0 Å². The first kappa shape index (κ1) is 16.8. The largest absolute Gasteiger partial charge is 0.495 e. The lowest BCUT2D eigenvalue weighted by Crippen LogP contribution is -2.12. The first-order valence-corrected chi connectivity index (χ1v) is 8.35. The van der Waals surface area contributed by atoms with Gasteiger partial charge in [0, 0.05) is 5.56 Å². The molecule has 1 aromatic heterocycles. The lowest BCUT2D eigenvalue weighted by Gasteiger charge is -2.09. The Hall–Kier alpha value is -3.67. The third-order valence-corrected chi connectivity index (χ3v) is 4.23. The summed E-state index contributed by atoms with van der Waals surface area (Å²) in [6, 6.07) is 18.7. The number of ether oxygens (including phenoxy) is 1. The number of carbonyl (C=O) groups excluding carboxylic acids is 1. The molecular formula is C21H16FN3O2. The van der Waals surface area contributed by atoms with Crippen LogP contribution in [0.15, 0.2) is 66.7 Å². The molecule has 2 N–H and O–H groups in total. The lowest BCUT2D eigenvalue weighted by molar-refractivity contribution is 0.102. The van der Waals surface area contributed by atoms with Crippen molar-refractivity contribution in [3.63, 3.8) is 0 Å². The van der Waals surface area contributed by atoms with Gasteiger partial charge in [-0.2, -0.15) is 0 Å². The minimum Gasteiger partial charge on any atom is -0.495 e. The number of fused-ring (bicyclic) bond motifs is 1. The number of benzene rings is 3. The van der Waals surface area contributed by atoms with Crippen LogP contribution in [0.1, 0.15) is 10.4 Å². The van der Waals surface area contributed by atoms with E-state index in [-0.39, 0.29) is 11.7 Å². The fourth-order valence-corrected chi connectivity index (χ4v) is 2.87. The quantitative estimate of drug-likeness (QED) is 0.557. The fraction of sp³-hybridized carbons (Fsp3) is 0.0476. The van der Waals surface area contributed by atoms with Crippen LogP contribution in [0.25, 0.3) is 22.4 Å². The van der Waals surface area contributed by atoms with Crippen molar-refractivity contribution in [1.82, 2.24) is 9.97 Å². The van der Waals surface area contributed by atoms with E-state index in [9.17, 15) is 9.18 Å². The van der Waals surface area contributed by atoms with Crippen molar-refractivity contribution in [2.75, 3.05) is 12.4 Å². The van der Waals surface area contributed by atoms with Gasteiger partial charge >= 0.3 is 0 Å². The second-order valence-electron chi connectivity index (χ2n) is 5.95. The predicted molar refractivity (Wildman–Crippen MR) is 102 cm³/mol. The van der Waals surface area contributed by atoms with Crippen molar-refractivity contribution in [2.45, 2.75) is 0 Å². The van der Waals surface area contributed by atoms with Crippen LogP contribution in [-0.4, -0.2) is 23.0 Å². The topological polar surface area (TPSA) is 67.0 Å². The highest BCUT2D eigenvalue weighted by Gasteiger charge is 2.13. The van der Waals surface area contributed by atoms with Crippen LogP contribution >= 0.6 is 0 Å². The Morgan fingerprint density at radius 1 is 1.07 bits per heavy atom. The number of methoxy groups -OCH3 is 1. The zero-order chi connectivity index (χ0) is 18.8. The Morgan fingerprint density at radius 3 is 2.67 bits per heavy atom. The Morgan fingerprint density at radius 2 is 1.85 bits per heavy atom. The van der Waals surface area contributed by atoms with Crippen LogP contribution < -0.4 is 10.1 Å². The number of anilines is 1. The van der Waals surface area contributed by atoms with Gasteiger partial charge < -0.3 is 15.0 Å². The van der Waals surface area contributed by atoms with Crippen molar-refractivity contribution >= 4 is 22.6 Å². The van der Waals surface area contributed by atoms with Gasteiger partial charge in [0.15, 0.2) is 0 Å². The molecule has 1 amide bonds. The predicted octanol–water partition coefficient (Wildman–Crippen LogP) is 4.63. The van der Waals surface area contributed by atoms with E-state index in [1.165, 1.54) is 6.07 Å². The lowest BCUT2D eigenvalue weighted by atomic mass is 10.2. The minimum atomic E-state index is -0.356. The second kappa shape index (κ2) is 6.92. The van der Waals surface area contributed by atoms with Gasteiger partial charge in [-0.1, -0.05) is 24.3 Å². The summed E-state index contributed by atoms with van der Waals surface area (Å²) in [5.74, 6) is 0.370. The van der Waals surface area contributed by atoms with Crippen molar-refractivity contribution in [3.05, 3.63) is 78.1 Å². The minimum absolute atomic E-state index is 0.275. The van der Waals surface area contributed by atoms with Gasteiger partial charge in [0.2, 0.25) is 0 Å². The molecule has 0 saturated carbocycles. The Balaban J connectivity index is 1.65. The normalized spacial score (nSPS) is 10.7. The zero-order valence-corrected chi connectivity index (χ0v) is 14.5. The molecule has 0 aliphatic heterocycles. The number of hydrogen-bond acceptors (Lipinski definition) is 3. The molecular weight excluding hydrogens is 345 g/mol. The molecule has 0 unspecified atom stereocenters. The van der Waals surface area contributed by atoms with Gasteiger partial charge in [-0.25, -0.2) is 9.37 Å². The number of H-pyrrole nitrogens is 1. The van der Waals surface area contributed by atoms with E-state index in [0.29, 0.717) is 39.4 Å². The highest BCUT2D eigenvalue weighted by atomic mass is 19.1. The number of para-hydroxylation sites is 2. The number of carbonyl (C=O) groups is 1. The summed E-state index contributed by atoms with van der Waals surface area (Å²) in [5, 5.41) is 2.83. The van der Waals surface area contributed by atoms with Crippen molar-refractivity contribution in [1.29, 1.82) is 0 Å². The van der Waals surface area contributed by atoms with E-state index in [2.05, 4.69) is 15.3 Å². The smallest absolute Gasteiger partial charge is 0.255 e. The molecule has 0 aliphatic carbocycles. The van der Waals surface area contributed by atoms with Crippen LogP contribution in [0.4, 0.5) is 10.1 Å². The number of imidazole rings is 1. The average molecular weight is 361 g/mol. The van der Waals surface area contributed by atoms with Gasteiger partial charge in [0.1, 0.15) is 17.4 Å². The summed E-state index contributed by atoms with van der Waals surface area (Å²) in [6.07, 6.45) is 0. The summed E-state index contributed by atoms with van der Waals surface area (Å²) in [5.41, 5.74) is 2.73. The van der Waals surface area contributed by atoms with E-state index >= 15 is 0 Å². The number of halogens is 1.